The van der Waals surface area contributed by atoms with Gasteiger partial charge in [0, 0.05) is 31.9 Å². The number of likely N-dealkylation sites (N-methyl/N-ethyl adjacent to an activating group) is 1. The summed E-state index contributed by atoms with van der Waals surface area (Å²) in [5, 5.41) is 0.734. The van der Waals surface area contributed by atoms with Crippen molar-refractivity contribution in [2.24, 2.45) is 0 Å². The fourth-order valence-electron chi connectivity index (χ4n) is 3.17. The van der Waals surface area contributed by atoms with Crippen LogP contribution in [0.2, 0.25) is 10.0 Å². The molecule has 1 saturated heterocycles. The van der Waals surface area contributed by atoms with E-state index in [2.05, 4.69) is 17.0 Å². The largest absolute Gasteiger partial charge is 0.369 e. The summed E-state index contributed by atoms with van der Waals surface area (Å²) in [4.78, 5) is 17.0. The third-order valence-corrected chi connectivity index (χ3v) is 5.39. The minimum absolute atomic E-state index is 0.0811. The minimum atomic E-state index is -0.0811. The average molecular weight is 363 g/mol. The molecule has 0 saturated carbocycles. The molecular formula is C19H20Cl2N2O. The van der Waals surface area contributed by atoms with Crippen LogP contribution in [0.25, 0.3) is 0 Å². The molecule has 0 aromatic heterocycles. The molecule has 5 heteroatoms. The number of carbonyl (C=O) groups is 1. The van der Waals surface area contributed by atoms with Gasteiger partial charge in [-0.1, -0.05) is 47.5 Å². The Labute approximate surface area is 152 Å². The van der Waals surface area contributed by atoms with Crippen LogP contribution in [0.5, 0.6) is 0 Å². The first-order valence-electron chi connectivity index (χ1n) is 8.09. The van der Waals surface area contributed by atoms with Crippen molar-refractivity contribution in [3.8, 4) is 0 Å². The number of anilines is 1. The molecular weight excluding hydrogens is 343 g/mol. The molecule has 1 heterocycles. The van der Waals surface area contributed by atoms with E-state index in [0.29, 0.717) is 15.6 Å². The highest BCUT2D eigenvalue weighted by molar-refractivity contribution is 6.43. The number of amides is 1. The number of rotatable bonds is 3. The summed E-state index contributed by atoms with van der Waals surface area (Å²) in [5.74, 6) is -0.0811. The number of hydrogen-bond acceptors (Lipinski definition) is 2. The van der Waals surface area contributed by atoms with Crippen LogP contribution < -0.4 is 4.90 Å². The van der Waals surface area contributed by atoms with E-state index in [0.717, 1.165) is 25.9 Å². The van der Waals surface area contributed by atoms with Gasteiger partial charge >= 0.3 is 0 Å². The molecule has 1 aliphatic heterocycles. The van der Waals surface area contributed by atoms with E-state index >= 15 is 0 Å². The number of carbonyl (C=O) groups excluding carboxylic acids is 1. The number of benzene rings is 2. The zero-order valence-electron chi connectivity index (χ0n) is 13.6. The molecule has 0 aliphatic carbocycles. The van der Waals surface area contributed by atoms with E-state index in [-0.39, 0.29) is 11.9 Å². The van der Waals surface area contributed by atoms with Crippen molar-refractivity contribution in [3.63, 3.8) is 0 Å². The van der Waals surface area contributed by atoms with Gasteiger partial charge in [-0.05, 0) is 37.1 Å². The molecule has 1 aliphatic rings. The summed E-state index contributed by atoms with van der Waals surface area (Å²) < 4.78 is 0. The zero-order chi connectivity index (χ0) is 17.1. The van der Waals surface area contributed by atoms with E-state index in [4.69, 9.17) is 23.2 Å². The molecule has 3 rings (SSSR count). The minimum Gasteiger partial charge on any atom is -0.369 e. The maximum Gasteiger partial charge on any atom is 0.255 e. The number of piperidine rings is 1. The van der Waals surface area contributed by atoms with Crippen LogP contribution in [0.3, 0.4) is 0 Å². The Morgan fingerprint density at radius 1 is 1.12 bits per heavy atom. The van der Waals surface area contributed by atoms with Gasteiger partial charge in [0.15, 0.2) is 0 Å². The zero-order valence-corrected chi connectivity index (χ0v) is 15.1. The standard InChI is InChI=1S/C19H20Cl2N2O/c1-22(19(24)16-10-5-11-17(20)18(16)21)15-9-6-12-23(13-15)14-7-3-2-4-8-14/h2-5,7-8,10-11,15H,6,9,12-13H2,1H3. The molecule has 0 radical (unpaired) electrons. The summed E-state index contributed by atoms with van der Waals surface area (Å²) in [6.45, 7) is 1.84. The first-order valence-corrected chi connectivity index (χ1v) is 8.84. The Morgan fingerprint density at radius 2 is 1.88 bits per heavy atom. The van der Waals surface area contributed by atoms with Gasteiger partial charge in [-0.15, -0.1) is 0 Å². The molecule has 0 bridgehead atoms. The molecule has 24 heavy (non-hydrogen) atoms. The lowest BCUT2D eigenvalue weighted by atomic mass is 10.0. The molecule has 1 unspecified atom stereocenters. The summed E-state index contributed by atoms with van der Waals surface area (Å²) >= 11 is 12.2. The highest BCUT2D eigenvalue weighted by Crippen LogP contribution is 2.28. The van der Waals surface area contributed by atoms with E-state index < -0.39 is 0 Å². The van der Waals surface area contributed by atoms with E-state index in [1.165, 1.54) is 5.69 Å². The molecule has 0 N–H and O–H groups in total. The lowest BCUT2D eigenvalue weighted by molar-refractivity contribution is 0.0717. The summed E-state index contributed by atoms with van der Waals surface area (Å²) in [5.41, 5.74) is 1.66. The molecule has 0 spiro atoms. The van der Waals surface area contributed by atoms with Crippen molar-refractivity contribution in [3.05, 3.63) is 64.1 Å². The van der Waals surface area contributed by atoms with Gasteiger partial charge in [-0.3, -0.25) is 4.79 Å². The first kappa shape index (κ1) is 17.1. The summed E-state index contributed by atoms with van der Waals surface area (Å²) in [7, 11) is 1.85. The predicted octanol–water partition coefficient (Wildman–Crippen LogP) is 4.73. The second-order valence-electron chi connectivity index (χ2n) is 6.10. The van der Waals surface area contributed by atoms with Gasteiger partial charge in [0.2, 0.25) is 0 Å². The lowest BCUT2D eigenvalue weighted by Gasteiger charge is -2.39. The van der Waals surface area contributed by atoms with Crippen LogP contribution in [0.4, 0.5) is 5.69 Å². The number of nitrogens with zero attached hydrogens (tertiary/aromatic N) is 2. The predicted molar refractivity (Wildman–Crippen MR) is 100 cm³/mol. The Kier molecular flexibility index (Phi) is 5.32. The highest BCUT2D eigenvalue weighted by atomic mass is 35.5. The monoisotopic (exact) mass is 362 g/mol. The molecule has 1 atom stereocenters. The smallest absolute Gasteiger partial charge is 0.255 e. The average Bonchev–Trinajstić information content (AvgIpc) is 2.63. The third kappa shape index (κ3) is 3.52. The molecule has 1 amide bonds. The van der Waals surface area contributed by atoms with Crippen molar-refractivity contribution in [1.29, 1.82) is 0 Å². The molecule has 1 fully saturated rings. The van der Waals surface area contributed by atoms with Crippen LogP contribution in [0, 0.1) is 0 Å². The Bertz CT molecular complexity index is 721. The normalized spacial score (nSPS) is 17.6. The second kappa shape index (κ2) is 7.45. The topological polar surface area (TPSA) is 23.6 Å². The van der Waals surface area contributed by atoms with Gasteiger partial charge < -0.3 is 9.80 Å². The van der Waals surface area contributed by atoms with Crippen molar-refractivity contribution >= 4 is 34.8 Å². The molecule has 3 nitrogen and oxygen atoms in total. The highest BCUT2D eigenvalue weighted by Gasteiger charge is 2.28. The maximum absolute atomic E-state index is 12.8. The van der Waals surface area contributed by atoms with Gasteiger partial charge in [0.05, 0.1) is 15.6 Å². The Balaban J connectivity index is 1.75. The van der Waals surface area contributed by atoms with Crippen molar-refractivity contribution in [2.45, 2.75) is 18.9 Å². The van der Waals surface area contributed by atoms with Crippen LogP contribution in [-0.2, 0) is 0 Å². The van der Waals surface area contributed by atoms with Gasteiger partial charge in [-0.2, -0.15) is 0 Å². The lowest BCUT2D eigenvalue weighted by Crippen LogP contribution is -2.48. The molecule has 126 valence electrons. The number of hydrogen-bond donors (Lipinski definition) is 0. The van der Waals surface area contributed by atoms with Gasteiger partial charge in [0.1, 0.15) is 0 Å². The van der Waals surface area contributed by atoms with Gasteiger partial charge in [-0.25, -0.2) is 0 Å². The van der Waals surface area contributed by atoms with E-state index in [9.17, 15) is 4.79 Å². The Hall–Kier alpha value is -1.71. The molecule has 2 aromatic rings. The summed E-state index contributed by atoms with van der Waals surface area (Å²) in [6, 6.07) is 15.6. The SMILES string of the molecule is CN(C(=O)c1cccc(Cl)c1Cl)C1CCCN(c2ccccc2)C1. The first-order chi connectivity index (χ1) is 11.6. The third-order valence-electron chi connectivity index (χ3n) is 4.57. The van der Waals surface area contributed by atoms with E-state index in [1.54, 1.807) is 23.1 Å². The van der Waals surface area contributed by atoms with Crippen molar-refractivity contribution in [2.75, 3.05) is 25.0 Å². The molecule has 2 aromatic carbocycles. The van der Waals surface area contributed by atoms with Crippen LogP contribution in [0.15, 0.2) is 48.5 Å². The maximum atomic E-state index is 12.8. The number of para-hydroxylation sites is 1. The summed E-state index contributed by atoms with van der Waals surface area (Å²) in [6.07, 6.45) is 2.05. The van der Waals surface area contributed by atoms with Crippen LogP contribution in [-0.4, -0.2) is 37.0 Å². The Morgan fingerprint density at radius 3 is 2.62 bits per heavy atom. The quantitative estimate of drug-likeness (QED) is 0.787. The van der Waals surface area contributed by atoms with Crippen molar-refractivity contribution in [1.82, 2.24) is 4.90 Å². The van der Waals surface area contributed by atoms with Crippen LogP contribution in [0.1, 0.15) is 23.2 Å². The fourth-order valence-corrected chi connectivity index (χ4v) is 3.55. The van der Waals surface area contributed by atoms with Crippen LogP contribution >= 0.6 is 23.2 Å². The number of halogens is 2. The fraction of sp³-hybridized carbons (Fsp3) is 0.316. The van der Waals surface area contributed by atoms with Crippen molar-refractivity contribution < 1.29 is 4.79 Å². The second-order valence-corrected chi connectivity index (χ2v) is 6.88. The van der Waals surface area contributed by atoms with Gasteiger partial charge in [0.25, 0.3) is 5.91 Å². The van der Waals surface area contributed by atoms with E-state index in [1.807, 2.05) is 25.2 Å².